The van der Waals surface area contributed by atoms with Crippen molar-refractivity contribution in [3.05, 3.63) is 124 Å². The van der Waals surface area contributed by atoms with Crippen molar-refractivity contribution in [3.8, 4) is 0 Å². The summed E-state index contributed by atoms with van der Waals surface area (Å²) in [5, 5.41) is 12.3. The van der Waals surface area contributed by atoms with Crippen LogP contribution in [0.5, 0.6) is 0 Å². The van der Waals surface area contributed by atoms with Gasteiger partial charge in [-0.1, -0.05) is 18.2 Å². The second-order valence-corrected chi connectivity index (χ2v) is 13.8. The number of aromatic nitrogens is 4. The highest BCUT2D eigenvalue weighted by atomic mass is 16.2. The summed E-state index contributed by atoms with van der Waals surface area (Å²) in [4.78, 5) is 76.0. The highest BCUT2D eigenvalue weighted by Crippen LogP contribution is 2.50. The maximum Gasteiger partial charge on any atom is 0.264 e. The number of hydrogen-bond donors (Lipinski definition) is 1. The predicted octanol–water partition coefficient (Wildman–Crippen LogP) is 6.14. The van der Waals surface area contributed by atoms with Gasteiger partial charge in [-0.25, -0.2) is 4.98 Å². The molecular weight excluding hydrogens is 628 g/mol. The summed E-state index contributed by atoms with van der Waals surface area (Å²) in [5.74, 6) is 0. The molecule has 0 aliphatic carbocycles. The zero-order chi connectivity index (χ0) is 33.8. The maximum absolute atomic E-state index is 15.0. The van der Waals surface area contributed by atoms with Crippen LogP contribution in [0.15, 0.2) is 84.6 Å². The molecule has 0 saturated heterocycles. The van der Waals surface area contributed by atoms with E-state index in [-0.39, 0.29) is 11.1 Å². The van der Waals surface area contributed by atoms with Crippen molar-refractivity contribution >= 4 is 114 Å². The van der Waals surface area contributed by atoms with E-state index in [2.05, 4.69) is 30.1 Å². The SMILES string of the molecule is Cc1ccc2c3ccc4c5c(cc6c7c(=O)n(C)c(=O)c7c7cc(C)c1c2c7c6c35)c(=O)n1c2ccc3c(=O)[nH]c(=O)c5ccc(nc41)c2c53. The predicted molar refractivity (Wildman–Crippen MR) is 200 cm³/mol. The molecule has 12 aromatic rings. The van der Waals surface area contributed by atoms with Gasteiger partial charge in [0.1, 0.15) is 5.65 Å². The van der Waals surface area contributed by atoms with Gasteiger partial charge >= 0.3 is 0 Å². The molecule has 234 valence electrons. The van der Waals surface area contributed by atoms with E-state index in [4.69, 9.17) is 4.98 Å². The van der Waals surface area contributed by atoms with Crippen LogP contribution in [-0.4, -0.2) is 18.9 Å². The molecule has 0 aliphatic heterocycles. The van der Waals surface area contributed by atoms with Gasteiger partial charge in [0.15, 0.2) is 0 Å². The third-order valence-corrected chi connectivity index (χ3v) is 11.5. The van der Waals surface area contributed by atoms with Crippen LogP contribution in [0.4, 0.5) is 0 Å². The van der Waals surface area contributed by atoms with E-state index < -0.39 is 16.7 Å². The normalized spacial score (nSPS) is 13.1. The smallest absolute Gasteiger partial charge is 0.264 e. The number of pyridine rings is 2. The van der Waals surface area contributed by atoms with E-state index in [1.807, 2.05) is 19.1 Å². The molecule has 0 saturated carbocycles. The van der Waals surface area contributed by atoms with E-state index in [1.54, 1.807) is 34.7 Å². The third-order valence-electron chi connectivity index (χ3n) is 11.5. The monoisotopic (exact) mass is 648 g/mol. The minimum absolute atomic E-state index is 0.309. The third kappa shape index (κ3) is 2.57. The number of aromatic amines is 1. The number of aryl methyl sites for hydroxylation is 2. The number of H-pyrrole nitrogens is 1. The summed E-state index contributed by atoms with van der Waals surface area (Å²) in [5.41, 5.74) is 1.55. The minimum Gasteiger partial charge on any atom is -0.288 e. The summed E-state index contributed by atoms with van der Waals surface area (Å²) in [6, 6.07) is 18.9. The van der Waals surface area contributed by atoms with Crippen molar-refractivity contribution in [1.29, 1.82) is 0 Å². The molecule has 0 spiro atoms. The first-order chi connectivity index (χ1) is 24.2. The number of fused-ring (bicyclic) bond motifs is 7. The van der Waals surface area contributed by atoms with Crippen LogP contribution in [0.3, 0.4) is 0 Å². The summed E-state index contributed by atoms with van der Waals surface area (Å²) in [6.07, 6.45) is 0. The highest BCUT2D eigenvalue weighted by Gasteiger charge is 2.28. The lowest BCUT2D eigenvalue weighted by atomic mass is 9.81. The number of nitrogens with zero attached hydrogens (tertiary/aromatic N) is 3. The first kappa shape index (κ1) is 26.2. The van der Waals surface area contributed by atoms with Crippen molar-refractivity contribution in [2.75, 3.05) is 0 Å². The molecule has 0 radical (unpaired) electrons. The first-order valence-electron chi connectivity index (χ1n) is 16.3. The largest absolute Gasteiger partial charge is 0.288 e. The van der Waals surface area contributed by atoms with Crippen LogP contribution in [0, 0.1) is 13.8 Å². The molecule has 50 heavy (non-hydrogen) atoms. The number of hydrogen-bond acceptors (Lipinski definition) is 6. The van der Waals surface area contributed by atoms with Crippen LogP contribution < -0.4 is 27.8 Å². The molecule has 4 aromatic heterocycles. The van der Waals surface area contributed by atoms with E-state index in [1.165, 1.54) is 7.05 Å². The fraction of sp³-hybridized carbons (Fsp3) is 0.0732. The molecule has 9 nitrogen and oxygen atoms in total. The summed E-state index contributed by atoms with van der Waals surface area (Å²) < 4.78 is 2.72. The van der Waals surface area contributed by atoms with Crippen molar-refractivity contribution in [2.45, 2.75) is 13.8 Å². The highest BCUT2D eigenvalue weighted by molar-refractivity contribution is 6.47. The van der Waals surface area contributed by atoms with E-state index in [0.717, 1.165) is 69.6 Å². The Bertz CT molecular complexity index is 3880. The number of benzene rings is 8. The summed E-state index contributed by atoms with van der Waals surface area (Å²) >= 11 is 0. The number of nitrogens with one attached hydrogen (secondary N) is 1. The molecule has 4 heterocycles. The van der Waals surface area contributed by atoms with Crippen LogP contribution in [-0.2, 0) is 7.05 Å². The Morgan fingerprint density at radius 3 is 1.76 bits per heavy atom. The van der Waals surface area contributed by atoms with Crippen molar-refractivity contribution in [2.24, 2.45) is 7.05 Å². The van der Waals surface area contributed by atoms with Gasteiger partial charge in [0, 0.05) is 44.8 Å². The zero-order valence-electron chi connectivity index (χ0n) is 26.7. The van der Waals surface area contributed by atoms with Gasteiger partial charge < -0.3 is 0 Å². The molecule has 9 heteroatoms. The second kappa shape index (κ2) is 7.93. The fourth-order valence-corrected chi connectivity index (χ4v) is 9.53. The van der Waals surface area contributed by atoms with Crippen molar-refractivity contribution in [3.63, 3.8) is 0 Å². The topological polar surface area (TPSA) is 123 Å². The fourth-order valence-electron chi connectivity index (χ4n) is 9.53. The second-order valence-electron chi connectivity index (χ2n) is 13.8. The molecule has 0 bridgehead atoms. The number of rotatable bonds is 0. The average molecular weight is 649 g/mol. The van der Waals surface area contributed by atoms with E-state index in [0.29, 0.717) is 59.8 Å². The Kier molecular flexibility index (Phi) is 4.16. The lowest BCUT2D eigenvalue weighted by molar-refractivity contribution is 0.857. The Labute approximate surface area is 276 Å². The standard InChI is InChI=1S/C41H20N4O5/c1-14-4-5-16-17-6-7-18-27-23(39(48)45-25-11-9-20-28-19(37(46)43-38(20)47)8-10-24(35(25)28)42-36(18)45)13-22-32(30(17)27)31-21(12-15(2)26(14)29(16)31)33-34(22)41(50)44(3)40(33)49/h4-13H,1-3H3,(H,43,46,47). The Morgan fingerprint density at radius 1 is 0.480 bits per heavy atom. The zero-order valence-corrected chi connectivity index (χ0v) is 26.7. The van der Waals surface area contributed by atoms with Gasteiger partial charge in [0.2, 0.25) is 0 Å². The molecule has 0 aliphatic rings. The van der Waals surface area contributed by atoms with Gasteiger partial charge in [-0.2, -0.15) is 0 Å². The quantitative estimate of drug-likeness (QED) is 0.156. The summed E-state index contributed by atoms with van der Waals surface area (Å²) in [7, 11) is 1.50. The van der Waals surface area contributed by atoms with Gasteiger partial charge in [-0.3, -0.25) is 37.9 Å². The lowest BCUT2D eigenvalue weighted by Crippen LogP contribution is -2.21. The van der Waals surface area contributed by atoms with Gasteiger partial charge in [0.25, 0.3) is 27.8 Å². The minimum atomic E-state index is -0.500. The van der Waals surface area contributed by atoms with Crippen molar-refractivity contribution < 1.29 is 0 Å². The van der Waals surface area contributed by atoms with Gasteiger partial charge in [-0.15, -0.1) is 0 Å². The molecule has 0 atom stereocenters. The Morgan fingerprint density at radius 2 is 1.04 bits per heavy atom. The van der Waals surface area contributed by atoms with Gasteiger partial charge in [-0.05, 0) is 116 Å². The molecule has 8 aromatic carbocycles. The van der Waals surface area contributed by atoms with E-state index in [9.17, 15) is 19.2 Å². The van der Waals surface area contributed by atoms with Crippen molar-refractivity contribution in [1.82, 2.24) is 18.9 Å². The lowest BCUT2D eigenvalue weighted by Gasteiger charge is -2.22. The first-order valence-corrected chi connectivity index (χ1v) is 16.3. The van der Waals surface area contributed by atoms with Crippen LogP contribution in [0.25, 0.3) is 114 Å². The van der Waals surface area contributed by atoms with Crippen LogP contribution in [0.2, 0.25) is 0 Å². The molecule has 0 unspecified atom stereocenters. The van der Waals surface area contributed by atoms with Gasteiger partial charge in [0.05, 0.1) is 21.8 Å². The molecule has 0 fully saturated rings. The maximum atomic E-state index is 15.0. The molecular formula is C41H20N4O5. The Balaban J connectivity index is 1.45. The molecule has 0 amide bonds. The van der Waals surface area contributed by atoms with E-state index >= 15 is 4.79 Å². The van der Waals surface area contributed by atoms with Crippen LogP contribution in [0.1, 0.15) is 11.1 Å². The summed E-state index contributed by atoms with van der Waals surface area (Å²) in [6.45, 7) is 4.14. The molecule has 12 rings (SSSR count). The van der Waals surface area contributed by atoms with Crippen LogP contribution >= 0.6 is 0 Å². The molecule has 1 N–H and O–H groups in total. The average Bonchev–Trinajstić information content (AvgIpc) is 3.34. The Hall–Kier alpha value is -6.74.